The normalized spacial score (nSPS) is 11.8. The molecule has 110 valence electrons. The van der Waals surface area contributed by atoms with Gasteiger partial charge in [0.25, 0.3) is 5.91 Å². The molecule has 0 aliphatic carbocycles. The Bertz CT molecular complexity index is 459. The first kappa shape index (κ1) is 15.9. The zero-order chi connectivity index (χ0) is 15.1. The van der Waals surface area contributed by atoms with Crippen molar-refractivity contribution in [2.45, 2.75) is 12.5 Å². The van der Waals surface area contributed by atoms with Gasteiger partial charge in [-0.25, -0.2) is 4.98 Å². The number of rotatable bonds is 7. The molecule has 0 aliphatic rings. The van der Waals surface area contributed by atoms with Crippen LogP contribution in [0.25, 0.3) is 0 Å². The smallest absolute Gasteiger partial charge is 0.306 e. The number of hydrogen-bond acceptors (Lipinski definition) is 5. The highest BCUT2D eigenvalue weighted by Crippen LogP contribution is 2.08. The number of carbonyl (C=O) groups is 2. The van der Waals surface area contributed by atoms with E-state index in [0.717, 1.165) is 0 Å². The first-order valence-corrected chi connectivity index (χ1v) is 6.10. The Morgan fingerprint density at radius 2 is 2.15 bits per heavy atom. The van der Waals surface area contributed by atoms with Gasteiger partial charge in [0, 0.05) is 33.9 Å². The Balaban J connectivity index is 2.57. The van der Waals surface area contributed by atoms with Gasteiger partial charge < -0.3 is 20.1 Å². The van der Waals surface area contributed by atoms with Crippen molar-refractivity contribution in [2.75, 3.05) is 33.1 Å². The van der Waals surface area contributed by atoms with Gasteiger partial charge in [-0.15, -0.1) is 0 Å². The lowest BCUT2D eigenvalue weighted by Gasteiger charge is -2.14. The molecule has 0 bridgehead atoms. The van der Waals surface area contributed by atoms with Gasteiger partial charge in [-0.05, 0) is 12.1 Å². The predicted molar refractivity (Wildman–Crippen MR) is 73.8 cm³/mol. The SMILES string of the molecule is COC(CNc1ccc(C(=O)N(C)C)cn1)CC(=O)O. The zero-order valence-electron chi connectivity index (χ0n) is 11.8. The number of anilines is 1. The number of carboxylic acid groups (broad SMARTS) is 1. The molecule has 1 aromatic rings. The number of carbonyl (C=O) groups excluding carboxylic acids is 1. The van der Waals surface area contributed by atoms with E-state index in [1.807, 2.05) is 0 Å². The van der Waals surface area contributed by atoms with Gasteiger partial charge in [-0.3, -0.25) is 9.59 Å². The van der Waals surface area contributed by atoms with Crippen LogP contribution in [0.3, 0.4) is 0 Å². The Morgan fingerprint density at radius 1 is 1.45 bits per heavy atom. The standard InChI is InChI=1S/C13H19N3O4/c1-16(2)13(19)9-4-5-11(14-7-9)15-8-10(20-3)6-12(17)18/h4-5,7,10H,6,8H2,1-3H3,(H,14,15)(H,17,18). The molecule has 0 radical (unpaired) electrons. The van der Waals surface area contributed by atoms with E-state index >= 15 is 0 Å². The van der Waals surface area contributed by atoms with E-state index in [1.54, 1.807) is 26.2 Å². The van der Waals surface area contributed by atoms with Crippen molar-refractivity contribution in [3.63, 3.8) is 0 Å². The molecule has 0 aliphatic heterocycles. The van der Waals surface area contributed by atoms with Crippen LogP contribution < -0.4 is 5.32 Å². The van der Waals surface area contributed by atoms with Gasteiger partial charge in [0.15, 0.2) is 0 Å². The summed E-state index contributed by atoms with van der Waals surface area (Å²) in [7, 11) is 4.80. The first-order chi connectivity index (χ1) is 9.43. The number of methoxy groups -OCH3 is 1. The van der Waals surface area contributed by atoms with Crippen LogP contribution in [0.2, 0.25) is 0 Å². The molecule has 7 nitrogen and oxygen atoms in total. The largest absolute Gasteiger partial charge is 0.481 e. The quantitative estimate of drug-likeness (QED) is 0.764. The summed E-state index contributed by atoms with van der Waals surface area (Å²) in [5.41, 5.74) is 0.495. The van der Waals surface area contributed by atoms with Crippen LogP contribution in [-0.2, 0) is 9.53 Å². The van der Waals surface area contributed by atoms with Crippen LogP contribution in [0.1, 0.15) is 16.8 Å². The molecule has 0 aromatic carbocycles. The van der Waals surface area contributed by atoms with Crippen LogP contribution in [0.15, 0.2) is 18.3 Å². The average molecular weight is 281 g/mol. The summed E-state index contributed by atoms with van der Waals surface area (Å²) >= 11 is 0. The zero-order valence-corrected chi connectivity index (χ0v) is 11.8. The number of nitrogens with one attached hydrogen (secondary N) is 1. The number of aliphatic carboxylic acids is 1. The fourth-order valence-electron chi connectivity index (χ4n) is 1.54. The van der Waals surface area contributed by atoms with Crippen LogP contribution in [0, 0.1) is 0 Å². The lowest BCUT2D eigenvalue weighted by molar-refractivity contribution is -0.139. The van der Waals surface area contributed by atoms with Crippen molar-refractivity contribution in [2.24, 2.45) is 0 Å². The van der Waals surface area contributed by atoms with E-state index in [2.05, 4.69) is 10.3 Å². The molecule has 2 N–H and O–H groups in total. The van der Waals surface area contributed by atoms with E-state index in [1.165, 1.54) is 18.2 Å². The maximum absolute atomic E-state index is 11.7. The molecule has 0 saturated carbocycles. The lowest BCUT2D eigenvalue weighted by Crippen LogP contribution is -2.25. The number of nitrogens with zero attached hydrogens (tertiary/aromatic N) is 2. The first-order valence-electron chi connectivity index (χ1n) is 6.10. The monoisotopic (exact) mass is 281 g/mol. The van der Waals surface area contributed by atoms with Gasteiger partial charge in [-0.2, -0.15) is 0 Å². The van der Waals surface area contributed by atoms with Gasteiger partial charge in [0.1, 0.15) is 5.82 Å². The summed E-state index contributed by atoms with van der Waals surface area (Å²) < 4.78 is 5.04. The van der Waals surface area contributed by atoms with E-state index in [-0.39, 0.29) is 12.3 Å². The highest BCUT2D eigenvalue weighted by atomic mass is 16.5. The number of hydrogen-bond donors (Lipinski definition) is 2. The molecule has 1 atom stereocenters. The number of ether oxygens (including phenoxy) is 1. The van der Waals surface area contributed by atoms with Gasteiger partial charge >= 0.3 is 5.97 Å². The van der Waals surface area contributed by atoms with Crippen LogP contribution in [0.5, 0.6) is 0 Å². The van der Waals surface area contributed by atoms with Crippen molar-refractivity contribution >= 4 is 17.7 Å². The van der Waals surface area contributed by atoms with Crippen molar-refractivity contribution in [3.05, 3.63) is 23.9 Å². The minimum absolute atomic E-state index is 0.0826. The summed E-state index contributed by atoms with van der Waals surface area (Å²) in [5.74, 6) is -0.476. The molecule has 7 heteroatoms. The summed E-state index contributed by atoms with van der Waals surface area (Å²) in [4.78, 5) is 27.8. The highest BCUT2D eigenvalue weighted by molar-refractivity contribution is 5.93. The number of carboxylic acids is 1. The van der Waals surface area contributed by atoms with Gasteiger partial charge in [0.05, 0.1) is 18.1 Å². The Kier molecular flexibility index (Phi) is 5.92. The molecule has 1 unspecified atom stereocenters. The number of amides is 1. The van der Waals surface area contributed by atoms with Gasteiger partial charge in [-0.1, -0.05) is 0 Å². The summed E-state index contributed by atoms with van der Waals surface area (Å²) in [6, 6.07) is 3.33. The second-order valence-corrected chi connectivity index (χ2v) is 4.47. The van der Waals surface area contributed by atoms with E-state index in [9.17, 15) is 9.59 Å². The minimum Gasteiger partial charge on any atom is -0.481 e. The fourth-order valence-corrected chi connectivity index (χ4v) is 1.54. The fraction of sp³-hybridized carbons (Fsp3) is 0.462. The number of pyridine rings is 1. The Labute approximate surface area is 117 Å². The molecule has 1 amide bonds. The predicted octanol–water partition coefficient (Wildman–Crippen LogP) is 0.685. The second-order valence-electron chi connectivity index (χ2n) is 4.47. The van der Waals surface area contributed by atoms with Crippen molar-refractivity contribution in [3.8, 4) is 0 Å². The average Bonchev–Trinajstić information content (AvgIpc) is 2.42. The topological polar surface area (TPSA) is 91.8 Å². The lowest BCUT2D eigenvalue weighted by atomic mass is 10.2. The third-order valence-corrected chi connectivity index (χ3v) is 2.66. The molecule has 0 saturated heterocycles. The third kappa shape index (κ3) is 4.85. The maximum Gasteiger partial charge on any atom is 0.306 e. The molecule has 1 aromatic heterocycles. The third-order valence-electron chi connectivity index (χ3n) is 2.66. The Morgan fingerprint density at radius 3 is 2.60 bits per heavy atom. The van der Waals surface area contributed by atoms with Crippen LogP contribution in [-0.4, -0.2) is 60.7 Å². The summed E-state index contributed by atoms with van der Waals surface area (Å²) in [6.07, 6.45) is 0.960. The molecule has 1 heterocycles. The summed E-state index contributed by atoms with van der Waals surface area (Å²) in [5, 5.41) is 11.7. The maximum atomic E-state index is 11.7. The van der Waals surface area contributed by atoms with Crippen LogP contribution in [0.4, 0.5) is 5.82 Å². The molecular weight excluding hydrogens is 262 g/mol. The summed E-state index contributed by atoms with van der Waals surface area (Å²) in [6.45, 7) is 0.330. The van der Waals surface area contributed by atoms with E-state index < -0.39 is 12.1 Å². The molecule has 0 fully saturated rings. The van der Waals surface area contributed by atoms with Crippen molar-refractivity contribution in [1.82, 2.24) is 9.88 Å². The van der Waals surface area contributed by atoms with Gasteiger partial charge in [0.2, 0.25) is 0 Å². The minimum atomic E-state index is -0.918. The number of aromatic nitrogens is 1. The molecule has 0 spiro atoms. The molecular formula is C13H19N3O4. The van der Waals surface area contributed by atoms with E-state index in [0.29, 0.717) is 17.9 Å². The Hall–Kier alpha value is -2.15. The molecule has 20 heavy (non-hydrogen) atoms. The van der Waals surface area contributed by atoms with Crippen molar-refractivity contribution < 1.29 is 19.4 Å². The molecule has 1 rings (SSSR count). The van der Waals surface area contributed by atoms with Crippen molar-refractivity contribution in [1.29, 1.82) is 0 Å². The van der Waals surface area contributed by atoms with E-state index in [4.69, 9.17) is 9.84 Å². The second kappa shape index (κ2) is 7.44. The highest BCUT2D eigenvalue weighted by Gasteiger charge is 2.12. The van der Waals surface area contributed by atoms with Crippen LogP contribution >= 0.6 is 0 Å².